The zero-order valence-corrected chi connectivity index (χ0v) is 19.3. The predicted octanol–water partition coefficient (Wildman–Crippen LogP) is 4.97. The van der Waals surface area contributed by atoms with Gasteiger partial charge in [0.25, 0.3) is 5.91 Å². The summed E-state index contributed by atoms with van der Waals surface area (Å²) < 4.78 is 17.0. The molecule has 0 fully saturated rings. The van der Waals surface area contributed by atoms with Gasteiger partial charge in [-0.3, -0.25) is 4.79 Å². The lowest BCUT2D eigenvalue weighted by Gasteiger charge is -2.15. The van der Waals surface area contributed by atoms with Crippen LogP contribution in [0, 0.1) is 0 Å². The van der Waals surface area contributed by atoms with Gasteiger partial charge in [0.2, 0.25) is 5.75 Å². The number of aryl methyl sites for hydroxylation is 1. The summed E-state index contributed by atoms with van der Waals surface area (Å²) in [6.07, 6.45) is 2.43. The Labute approximate surface area is 197 Å². The molecule has 8 heteroatoms. The van der Waals surface area contributed by atoms with Crippen molar-refractivity contribution in [3.63, 3.8) is 0 Å². The minimum atomic E-state index is -0.510. The van der Waals surface area contributed by atoms with Crippen LogP contribution < -0.4 is 19.6 Å². The second-order valence-electron chi connectivity index (χ2n) is 7.08. The van der Waals surface area contributed by atoms with Crippen molar-refractivity contribution in [3.05, 3.63) is 81.9 Å². The fourth-order valence-electron chi connectivity index (χ4n) is 3.06. The van der Waals surface area contributed by atoms with E-state index in [1.165, 1.54) is 44.2 Å². The molecule has 0 heterocycles. The third-order valence-corrected chi connectivity index (χ3v) is 5.19. The molecule has 7 nitrogen and oxygen atoms in total. The number of hydrogen-bond acceptors (Lipinski definition) is 6. The summed E-state index contributed by atoms with van der Waals surface area (Å²) in [7, 11) is 3.07. The molecule has 0 aliphatic carbocycles. The standard InChI is InChI=1S/C25H25ClN2O5/c1-4-16-5-7-17(8-6-16)15-33-24-22(31-2)11-18(12-23(24)32-3)14-27-28-25(30)20-10-9-19(29)13-21(20)26/h5-14,29H,4,15H2,1-3H3,(H,28,30)/b27-14+. The molecule has 3 aromatic carbocycles. The second kappa shape index (κ2) is 11.2. The molecule has 0 atom stereocenters. The van der Waals surface area contributed by atoms with E-state index < -0.39 is 5.91 Å². The van der Waals surface area contributed by atoms with Crippen molar-refractivity contribution in [2.75, 3.05) is 14.2 Å². The molecule has 2 N–H and O–H groups in total. The number of hydrazone groups is 1. The first-order valence-corrected chi connectivity index (χ1v) is 10.6. The number of aromatic hydroxyl groups is 1. The first-order valence-electron chi connectivity index (χ1n) is 10.2. The first kappa shape index (κ1) is 23.9. The van der Waals surface area contributed by atoms with Gasteiger partial charge in [0.05, 0.1) is 31.0 Å². The zero-order chi connectivity index (χ0) is 23.8. The number of carbonyl (C=O) groups excluding carboxylic acids is 1. The lowest BCUT2D eigenvalue weighted by molar-refractivity contribution is 0.0955. The van der Waals surface area contributed by atoms with E-state index >= 15 is 0 Å². The number of ether oxygens (including phenoxy) is 3. The van der Waals surface area contributed by atoms with Gasteiger partial charge in [-0.15, -0.1) is 0 Å². The molecule has 172 valence electrons. The molecule has 0 bridgehead atoms. The Balaban J connectivity index is 1.73. The van der Waals surface area contributed by atoms with Crippen LogP contribution in [0.2, 0.25) is 5.02 Å². The van der Waals surface area contributed by atoms with Crippen LogP contribution in [0.25, 0.3) is 0 Å². The summed E-state index contributed by atoms with van der Waals surface area (Å²) >= 11 is 5.99. The number of carbonyl (C=O) groups is 1. The number of nitrogens with one attached hydrogen (secondary N) is 1. The highest BCUT2D eigenvalue weighted by atomic mass is 35.5. The molecular formula is C25H25ClN2O5. The molecule has 0 spiro atoms. The number of amides is 1. The van der Waals surface area contributed by atoms with Crippen molar-refractivity contribution in [2.24, 2.45) is 5.10 Å². The van der Waals surface area contributed by atoms with Crippen molar-refractivity contribution in [1.82, 2.24) is 5.43 Å². The number of phenols is 1. The van der Waals surface area contributed by atoms with Crippen LogP contribution in [-0.2, 0) is 13.0 Å². The van der Waals surface area contributed by atoms with E-state index in [2.05, 4.69) is 29.6 Å². The van der Waals surface area contributed by atoms with Crippen LogP contribution in [0.15, 0.2) is 59.7 Å². The van der Waals surface area contributed by atoms with Gasteiger partial charge in [0, 0.05) is 5.56 Å². The van der Waals surface area contributed by atoms with Crippen LogP contribution in [0.4, 0.5) is 0 Å². The maximum atomic E-state index is 12.3. The normalized spacial score (nSPS) is 10.8. The van der Waals surface area contributed by atoms with Crippen LogP contribution in [0.3, 0.4) is 0 Å². The second-order valence-corrected chi connectivity index (χ2v) is 7.48. The highest BCUT2D eigenvalue weighted by molar-refractivity contribution is 6.34. The molecule has 1 amide bonds. The van der Waals surface area contributed by atoms with Crippen molar-refractivity contribution >= 4 is 23.7 Å². The van der Waals surface area contributed by atoms with Crippen LogP contribution in [0.1, 0.15) is 34.0 Å². The average molecular weight is 469 g/mol. The largest absolute Gasteiger partial charge is 0.508 e. The summed E-state index contributed by atoms with van der Waals surface area (Å²) in [5.41, 5.74) is 5.51. The van der Waals surface area contributed by atoms with Gasteiger partial charge >= 0.3 is 0 Å². The number of benzene rings is 3. The van der Waals surface area contributed by atoms with Crippen molar-refractivity contribution in [3.8, 4) is 23.0 Å². The van der Waals surface area contributed by atoms with Gasteiger partial charge in [-0.25, -0.2) is 5.43 Å². The molecule has 3 aromatic rings. The number of hydrogen-bond donors (Lipinski definition) is 2. The van der Waals surface area contributed by atoms with Crippen LogP contribution >= 0.6 is 11.6 Å². The SMILES string of the molecule is CCc1ccc(COc2c(OC)cc(/C=N/NC(=O)c3ccc(O)cc3Cl)cc2OC)cc1. The average Bonchev–Trinajstić information content (AvgIpc) is 2.82. The van der Waals surface area contributed by atoms with Crippen molar-refractivity contribution in [2.45, 2.75) is 20.0 Å². The van der Waals surface area contributed by atoms with E-state index in [0.717, 1.165) is 12.0 Å². The highest BCUT2D eigenvalue weighted by Gasteiger charge is 2.15. The molecule has 0 unspecified atom stereocenters. The van der Waals surface area contributed by atoms with Crippen molar-refractivity contribution in [1.29, 1.82) is 0 Å². The lowest BCUT2D eigenvalue weighted by atomic mass is 10.1. The summed E-state index contributed by atoms with van der Waals surface area (Å²) in [6.45, 7) is 2.47. The summed E-state index contributed by atoms with van der Waals surface area (Å²) in [4.78, 5) is 12.3. The van der Waals surface area contributed by atoms with Gasteiger partial charge in [-0.1, -0.05) is 42.8 Å². The maximum Gasteiger partial charge on any atom is 0.272 e. The monoisotopic (exact) mass is 468 g/mol. The maximum absolute atomic E-state index is 12.3. The number of phenolic OH excluding ortho intramolecular Hbond substituents is 1. The van der Waals surface area contributed by atoms with Crippen LogP contribution in [-0.4, -0.2) is 31.4 Å². The van der Waals surface area contributed by atoms with Gasteiger partial charge in [0.1, 0.15) is 12.4 Å². The van der Waals surface area contributed by atoms with E-state index in [1.54, 1.807) is 12.1 Å². The van der Waals surface area contributed by atoms with Gasteiger partial charge in [-0.2, -0.15) is 5.10 Å². The lowest BCUT2D eigenvalue weighted by Crippen LogP contribution is -2.18. The number of rotatable bonds is 9. The molecule has 0 aliphatic rings. The molecule has 3 rings (SSSR count). The van der Waals surface area contributed by atoms with E-state index in [-0.39, 0.29) is 16.3 Å². The highest BCUT2D eigenvalue weighted by Crippen LogP contribution is 2.38. The third-order valence-electron chi connectivity index (χ3n) is 4.87. The molecular weight excluding hydrogens is 444 g/mol. The molecule has 0 saturated heterocycles. The fraction of sp³-hybridized carbons (Fsp3) is 0.200. The topological polar surface area (TPSA) is 89.4 Å². The molecule has 0 aromatic heterocycles. The van der Waals surface area contributed by atoms with Gasteiger partial charge < -0.3 is 19.3 Å². The van der Waals surface area contributed by atoms with Gasteiger partial charge in [0.15, 0.2) is 11.5 Å². The summed E-state index contributed by atoms with van der Waals surface area (Å²) in [6, 6.07) is 15.7. The zero-order valence-electron chi connectivity index (χ0n) is 18.6. The minimum absolute atomic E-state index is 0.0282. The van der Waals surface area contributed by atoms with E-state index in [9.17, 15) is 9.90 Å². The Kier molecular flexibility index (Phi) is 8.16. The van der Waals surface area contributed by atoms with E-state index in [0.29, 0.717) is 29.4 Å². The molecule has 0 aliphatic heterocycles. The Bertz CT molecular complexity index is 1120. The van der Waals surface area contributed by atoms with E-state index in [4.69, 9.17) is 25.8 Å². The first-order chi connectivity index (χ1) is 15.9. The number of halogens is 1. The fourth-order valence-corrected chi connectivity index (χ4v) is 3.32. The Hall–Kier alpha value is -3.71. The number of methoxy groups -OCH3 is 2. The van der Waals surface area contributed by atoms with E-state index in [1.807, 2.05) is 12.1 Å². The smallest absolute Gasteiger partial charge is 0.272 e. The summed E-state index contributed by atoms with van der Waals surface area (Å²) in [5, 5.41) is 13.5. The Morgan fingerprint density at radius 3 is 2.24 bits per heavy atom. The Morgan fingerprint density at radius 1 is 1.03 bits per heavy atom. The molecule has 33 heavy (non-hydrogen) atoms. The number of nitrogens with zero attached hydrogens (tertiary/aromatic N) is 1. The third kappa shape index (κ3) is 6.17. The predicted molar refractivity (Wildman–Crippen MR) is 128 cm³/mol. The van der Waals surface area contributed by atoms with Crippen molar-refractivity contribution < 1.29 is 24.1 Å². The minimum Gasteiger partial charge on any atom is -0.508 e. The Morgan fingerprint density at radius 2 is 1.67 bits per heavy atom. The van der Waals surface area contributed by atoms with Gasteiger partial charge in [-0.05, 0) is 47.9 Å². The molecule has 0 saturated carbocycles. The van der Waals surface area contributed by atoms with Crippen LogP contribution in [0.5, 0.6) is 23.0 Å². The summed E-state index contributed by atoms with van der Waals surface area (Å²) in [5.74, 6) is 0.864. The quantitative estimate of drug-likeness (QED) is 0.342. The molecule has 0 radical (unpaired) electrons.